The molecule has 2 N–H and O–H groups in total. The fraction of sp³-hybridized carbons (Fsp3) is 0.357. The molecule has 0 aliphatic carbocycles. The monoisotopic (exact) mass is 271 g/mol. The number of carbonyl (C=O) groups is 1. The Morgan fingerprint density at radius 2 is 2.10 bits per heavy atom. The van der Waals surface area contributed by atoms with Crippen LogP contribution in [0, 0.1) is 0 Å². The number of aryl methyl sites for hydroxylation is 2. The van der Waals surface area contributed by atoms with E-state index >= 15 is 0 Å². The molecular formula is C14H17N5O. The van der Waals surface area contributed by atoms with E-state index in [1.165, 1.54) is 0 Å². The minimum absolute atomic E-state index is 0.159. The number of aromatic nitrogens is 3. The number of amides is 1. The van der Waals surface area contributed by atoms with Crippen LogP contribution in [-0.4, -0.2) is 27.7 Å². The lowest BCUT2D eigenvalue weighted by atomic mass is 9.99. The maximum Gasteiger partial charge on any atom is 0.227 e. The van der Waals surface area contributed by atoms with E-state index < -0.39 is 0 Å². The average molecular weight is 271 g/mol. The molecule has 0 radical (unpaired) electrons. The van der Waals surface area contributed by atoms with Crippen LogP contribution in [0.25, 0.3) is 11.4 Å². The summed E-state index contributed by atoms with van der Waals surface area (Å²) < 4.78 is 1.70. The van der Waals surface area contributed by atoms with Gasteiger partial charge in [-0.3, -0.25) is 9.48 Å². The molecule has 1 amide bonds. The Bertz CT molecular complexity index is 676. The summed E-state index contributed by atoms with van der Waals surface area (Å²) in [6.45, 7) is 0.367. The maximum absolute atomic E-state index is 11.7. The predicted octanol–water partition coefficient (Wildman–Crippen LogP) is 0.850. The minimum atomic E-state index is 0.159. The van der Waals surface area contributed by atoms with Crippen molar-refractivity contribution < 1.29 is 4.79 Å². The first-order valence-corrected chi connectivity index (χ1v) is 6.60. The zero-order valence-corrected chi connectivity index (χ0v) is 11.6. The van der Waals surface area contributed by atoms with Crippen LogP contribution in [-0.2, 0) is 24.8 Å². The van der Waals surface area contributed by atoms with Crippen LogP contribution >= 0.6 is 0 Å². The number of anilines is 1. The highest BCUT2D eigenvalue weighted by Crippen LogP contribution is 2.30. The van der Waals surface area contributed by atoms with E-state index in [2.05, 4.69) is 16.1 Å². The van der Waals surface area contributed by atoms with Gasteiger partial charge in [-0.25, -0.2) is 4.98 Å². The fourth-order valence-corrected chi connectivity index (χ4v) is 2.51. The highest BCUT2D eigenvalue weighted by Gasteiger charge is 2.21. The fourth-order valence-electron chi connectivity index (χ4n) is 2.51. The molecule has 1 aliphatic rings. The molecule has 2 aromatic rings. The molecule has 1 aliphatic heterocycles. The molecule has 0 atom stereocenters. The van der Waals surface area contributed by atoms with Gasteiger partial charge in [0.25, 0.3) is 0 Å². The molecule has 0 spiro atoms. The van der Waals surface area contributed by atoms with E-state index in [4.69, 9.17) is 5.73 Å². The molecule has 1 aromatic heterocycles. The van der Waals surface area contributed by atoms with Gasteiger partial charge in [-0.15, -0.1) is 0 Å². The Morgan fingerprint density at radius 3 is 2.80 bits per heavy atom. The van der Waals surface area contributed by atoms with Gasteiger partial charge in [0, 0.05) is 31.8 Å². The van der Waals surface area contributed by atoms with E-state index in [0.29, 0.717) is 18.8 Å². The van der Waals surface area contributed by atoms with E-state index in [-0.39, 0.29) is 5.91 Å². The molecule has 2 heterocycles. The number of hydrogen-bond acceptors (Lipinski definition) is 4. The van der Waals surface area contributed by atoms with Crippen LogP contribution < -0.4 is 10.6 Å². The summed E-state index contributed by atoms with van der Waals surface area (Å²) in [7, 11) is 3.65. The number of rotatable bonds is 2. The third kappa shape index (κ3) is 1.98. The van der Waals surface area contributed by atoms with Gasteiger partial charge >= 0.3 is 0 Å². The summed E-state index contributed by atoms with van der Waals surface area (Å²) in [6.07, 6.45) is 1.32. The van der Waals surface area contributed by atoms with Crippen molar-refractivity contribution in [3.05, 3.63) is 29.6 Å². The van der Waals surface area contributed by atoms with Crippen molar-refractivity contribution in [2.24, 2.45) is 12.8 Å². The smallest absolute Gasteiger partial charge is 0.227 e. The van der Waals surface area contributed by atoms with Crippen molar-refractivity contribution in [2.45, 2.75) is 19.4 Å². The third-order valence-electron chi connectivity index (χ3n) is 3.72. The SMILES string of the molecule is CN1C(=O)CCc2cc(-c3nc(CN)n(C)n3)ccc21. The van der Waals surface area contributed by atoms with Gasteiger partial charge in [-0.1, -0.05) is 0 Å². The van der Waals surface area contributed by atoms with Crippen molar-refractivity contribution in [3.8, 4) is 11.4 Å². The lowest BCUT2D eigenvalue weighted by Gasteiger charge is -2.25. The maximum atomic E-state index is 11.7. The Hall–Kier alpha value is -2.21. The molecule has 0 fully saturated rings. The number of carbonyl (C=O) groups excluding carboxylic acids is 1. The van der Waals surface area contributed by atoms with Crippen LogP contribution in [0.3, 0.4) is 0 Å². The first kappa shape index (κ1) is 12.8. The van der Waals surface area contributed by atoms with Crippen molar-refractivity contribution in [1.29, 1.82) is 0 Å². The largest absolute Gasteiger partial charge is 0.324 e. The van der Waals surface area contributed by atoms with E-state index in [1.807, 2.05) is 26.2 Å². The molecule has 6 heteroatoms. The molecule has 3 rings (SSSR count). The number of nitrogens with zero attached hydrogens (tertiary/aromatic N) is 4. The van der Waals surface area contributed by atoms with Gasteiger partial charge in [0.2, 0.25) is 5.91 Å². The summed E-state index contributed by atoms with van der Waals surface area (Å²) >= 11 is 0. The second-order valence-electron chi connectivity index (χ2n) is 4.98. The van der Waals surface area contributed by atoms with Crippen molar-refractivity contribution in [2.75, 3.05) is 11.9 Å². The first-order valence-electron chi connectivity index (χ1n) is 6.60. The molecule has 104 valence electrons. The number of benzene rings is 1. The summed E-state index contributed by atoms with van der Waals surface area (Å²) in [6, 6.07) is 5.97. The van der Waals surface area contributed by atoms with Crippen molar-refractivity contribution in [1.82, 2.24) is 14.8 Å². The second-order valence-corrected chi connectivity index (χ2v) is 4.98. The quantitative estimate of drug-likeness (QED) is 0.878. The zero-order valence-electron chi connectivity index (χ0n) is 11.6. The van der Waals surface area contributed by atoms with Crippen LogP contribution in [0.15, 0.2) is 18.2 Å². The summed E-state index contributed by atoms with van der Waals surface area (Å²) in [4.78, 5) is 17.8. The highest BCUT2D eigenvalue weighted by molar-refractivity contribution is 5.96. The van der Waals surface area contributed by atoms with Gasteiger partial charge in [-0.05, 0) is 30.2 Å². The Labute approximate surface area is 117 Å². The zero-order chi connectivity index (χ0) is 14.3. The molecular weight excluding hydrogens is 254 g/mol. The van der Waals surface area contributed by atoms with Gasteiger partial charge in [-0.2, -0.15) is 5.10 Å². The van der Waals surface area contributed by atoms with Crippen LogP contribution in [0.5, 0.6) is 0 Å². The summed E-state index contributed by atoms with van der Waals surface area (Å²) in [5.74, 6) is 1.59. The van der Waals surface area contributed by atoms with Gasteiger partial charge in [0.15, 0.2) is 5.82 Å². The summed E-state index contributed by atoms with van der Waals surface area (Å²) in [5.41, 5.74) is 8.71. The van der Waals surface area contributed by atoms with E-state index in [9.17, 15) is 4.79 Å². The minimum Gasteiger partial charge on any atom is -0.324 e. The predicted molar refractivity (Wildman–Crippen MR) is 76.1 cm³/mol. The Kier molecular flexibility index (Phi) is 3.02. The standard InChI is InChI=1S/C14H17N5O/c1-18-11-5-3-10(7-9(11)4-6-13(18)20)14-16-12(8-15)19(2)17-14/h3,5,7H,4,6,8,15H2,1-2H3. The van der Waals surface area contributed by atoms with Crippen LogP contribution in [0.4, 0.5) is 5.69 Å². The normalized spacial score (nSPS) is 14.6. The number of hydrogen-bond donors (Lipinski definition) is 1. The van der Waals surface area contributed by atoms with Crippen LogP contribution in [0.1, 0.15) is 17.8 Å². The molecule has 20 heavy (non-hydrogen) atoms. The molecule has 6 nitrogen and oxygen atoms in total. The van der Waals surface area contributed by atoms with Crippen LogP contribution in [0.2, 0.25) is 0 Å². The van der Waals surface area contributed by atoms with Gasteiger partial charge < -0.3 is 10.6 Å². The molecule has 0 saturated carbocycles. The third-order valence-corrected chi connectivity index (χ3v) is 3.72. The van der Waals surface area contributed by atoms with Gasteiger partial charge in [0.05, 0.1) is 6.54 Å². The number of fused-ring (bicyclic) bond motifs is 1. The van der Waals surface area contributed by atoms with E-state index in [0.717, 1.165) is 29.1 Å². The van der Waals surface area contributed by atoms with Crippen molar-refractivity contribution in [3.63, 3.8) is 0 Å². The molecule has 0 unspecified atom stereocenters. The van der Waals surface area contributed by atoms with E-state index in [1.54, 1.807) is 9.58 Å². The molecule has 0 saturated heterocycles. The topological polar surface area (TPSA) is 77.0 Å². The Morgan fingerprint density at radius 1 is 1.30 bits per heavy atom. The second kappa shape index (κ2) is 4.72. The molecule has 1 aromatic carbocycles. The Balaban J connectivity index is 2.02. The first-order chi connectivity index (χ1) is 9.60. The van der Waals surface area contributed by atoms with Crippen molar-refractivity contribution >= 4 is 11.6 Å². The lowest BCUT2D eigenvalue weighted by molar-refractivity contribution is -0.118. The average Bonchev–Trinajstić information content (AvgIpc) is 2.84. The molecule has 0 bridgehead atoms. The number of nitrogens with two attached hydrogens (primary N) is 1. The highest BCUT2D eigenvalue weighted by atomic mass is 16.2. The summed E-state index contributed by atoms with van der Waals surface area (Å²) in [5, 5.41) is 4.38. The van der Waals surface area contributed by atoms with Gasteiger partial charge in [0.1, 0.15) is 5.82 Å². The lowest BCUT2D eigenvalue weighted by Crippen LogP contribution is -2.30.